The third-order valence-corrected chi connectivity index (χ3v) is 1.43. The number of pyridine rings is 1. The van der Waals surface area contributed by atoms with Crippen LogP contribution in [0, 0.1) is 0 Å². The summed E-state index contributed by atoms with van der Waals surface area (Å²) in [6, 6.07) is -0.761. The molecule has 0 aliphatic carbocycles. The summed E-state index contributed by atoms with van der Waals surface area (Å²) in [5.41, 5.74) is 4.85. The van der Waals surface area contributed by atoms with Crippen LogP contribution >= 0.6 is 15.9 Å². The average Bonchev–Trinajstić information content (AvgIpc) is 2.18. The number of anilines is 1. The first-order valence-electron chi connectivity index (χ1n) is 5.92. The summed E-state index contributed by atoms with van der Waals surface area (Å²) < 4.78 is 51.1. The Bertz CT molecular complexity index is 457. The van der Waals surface area contributed by atoms with Crippen LogP contribution in [0.25, 0.3) is 0 Å². The molecule has 10 heavy (non-hydrogen) atoms. The Hall–Kier alpha value is -0.570. The highest BCUT2D eigenvalue weighted by atomic mass is 79.9. The number of halogens is 1. The molecule has 1 aromatic rings. The number of hydrogen-bond acceptors (Lipinski definition) is 2. The Morgan fingerprint density at radius 3 is 3.50 bits per heavy atom. The Labute approximate surface area is 78.4 Å². The lowest BCUT2D eigenvalue weighted by Gasteiger charge is -1.99. The summed E-state index contributed by atoms with van der Waals surface area (Å²) >= 11 is 2.88. The zero-order valence-corrected chi connectivity index (χ0v) is 6.49. The van der Waals surface area contributed by atoms with Crippen LogP contribution in [0.1, 0.15) is 22.1 Å². The van der Waals surface area contributed by atoms with Crippen LogP contribution in [0.5, 0.6) is 0 Å². The van der Waals surface area contributed by atoms with Gasteiger partial charge in [-0.3, -0.25) is 0 Å². The third kappa shape index (κ3) is 1.48. The van der Waals surface area contributed by atoms with Crippen LogP contribution in [0.2, 0.25) is 0 Å². The zero-order chi connectivity index (χ0) is 13.6. The van der Waals surface area contributed by atoms with E-state index in [9.17, 15) is 0 Å². The van der Waals surface area contributed by atoms with Crippen molar-refractivity contribution in [2.75, 3.05) is 5.73 Å². The number of hydrogen-bond donors (Lipinski definition) is 1. The molecule has 1 heterocycles. The van der Waals surface area contributed by atoms with Gasteiger partial charge in [-0.25, -0.2) is 4.98 Å². The first-order valence-corrected chi connectivity index (χ1v) is 3.22. The summed E-state index contributed by atoms with van der Waals surface area (Å²) in [5.74, 6) is -0.374. The average molecular weight is 208 g/mol. The van der Waals surface area contributed by atoms with E-state index in [1.54, 1.807) is 0 Å². The van der Waals surface area contributed by atoms with Gasteiger partial charge in [0.05, 0.1) is 8.44 Å². The maximum Gasteiger partial charge on any atom is 0.123 e. The lowest BCUT2D eigenvalue weighted by atomic mass is 10.3. The van der Waals surface area contributed by atoms with E-state index < -0.39 is 18.9 Å². The Morgan fingerprint density at radius 2 is 2.80 bits per heavy atom. The molecular weight excluding hydrogens is 192 g/mol. The van der Waals surface area contributed by atoms with Gasteiger partial charge >= 0.3 is 0 Å². The number of nitrogen functional groups attached to an aromatic ring is 1. The van der Waals surface area contributed by atoms with Crippen molar-refractivity contribution in [2.45, 2.75) is 13.2 Å². The molecule has 0 radical (unpaired) electrons. The maximum absolute atomic E-state index is 7.53. The number of aromatic nitrogens is 1. The van der Waals surface area contributed by atoms with Crippen molar-refractivity contribution in [2.24, 2.45) is 0 Å². The largest absolute Gasteiger partial charge is 0.384 e. The van der Waals surface area contributed by atoms with Crippen LogP contribution in [0.3, 0.4) is 0 Å². The molecule has 3 heteroatoms. The smallest absolute Gasteiger partial charge is 0.123 e. The van der Waals surface area contributed by atoms with Gasteiger partial charge < -0.3 is 5.73 Å². The molecule has 0 saturated heterocycles. The van der Waals surface area contributed by atoms with Gasteiger partial charge in [0, 0.05) is 11.3 Å². The number of aryl methyl sites for hydroxylation is 1. The highest BCUT2D eigenvalue weighted by Crippen LogP contribution is 2.15. The van der Waals surface area contributed by atoms with Crippen molar-refractivity contribution >= 4 is 21.7 Å². The number of nitrogens with two attached hydrogens (primary N) is 1. The second kappa shape index (κ2) is 3.01. The number of nitrogens with zero attached hydrogens (tertiary/aromatic N) is 1. The fourth-order valence-electron chi connectivity index (χ4n) is 0.458. The monoisotopic (exact) mass is 207 g/mol. The minimum absolute atomic E-state index is 0.169. The van der Waals surface area contributed by atoms with E-state index in [1.165, 1.54) is 0 Å². The van der Waals surface area contributed by atoms with E-state index in [1.807, 2.05) is 0 Å². The molecular formula is C7H9BrN2. The standard InChI is InChI=1S/C7H9BrN2/c1-2-6-5(8)3-4-7(9)10-6/h3-4H,2H2,1H3,(H2,9,10)/i1D3,2D2,3D,4D. The van der Waals surface area contributed by atoms with Crippen LogP contribution < -0.4 is 5.73 Å². The molecule has 1 rings (SSSR count). The van der Waals surface area contributed by atoms with Gasteiger partial charge in [-0.15, -0.1) is 0 Å². The topological polar surface area (TPSA) is 38.9 Å². The van der Waals surface area contributed by atoms with Crippen molar-refractivity contribution < 1.29 is 9.60 Å². The molecule has 0 aliphatic heterocycles. The molecule has 0 saturated carbocycles. The van der Waals surface area contributed by atoms with Crippen molar-refractivity contribution in [3.63, 3.8) is 0 Å². The first-order chi connectivity index (χ1) is 7.50. The van der Waals surface area contributed by atoms with Gasteiger partial charge in [0.15, 0.2) is 0 Å². The van der Waals surface area contributed by atoms with Crippen LogP contribution in [0.15, 0.2) is 16.6 Å². The lowest BCUT2D eigenvalue weighted by Crippen LogP contribution is -1.94. The van der Waals surface area contributed by atoms with Crippen molar-refractivity contribution in [3.8, 4) is 0 Å². The molecule has 2 N–H and O–H groups in total. The summed E-state index contributed by atoms with van der Waals surface area (Å²) in [4.78, 5) is 3.56. The summed E-state index contributed by atoms with van der Waals surface area (Å²) in [6.45, 7) is -2.94. The molecule has 0 bridgehead atoms. The number of rotatable bonds is 1. The van der Waals surface area contributed by atoms with Gasteiger partial charge in [-0.2, -0.15) is 0 Å². The Balaban J connectivity index is 3.54. The quantitative estimate of drug-likeness (QED) is 0.766. The van der Waals surface area contributed by atoms with Gasteiger partial charge in [-0.1, -0.05) is 6.85 Å². The second-order valence-corrected chi connectivity index (χ2v) is 2.33. The molecule has 0 aromatic carbocycles. The molecule has 1 aromatic heterocycles. The van der Waals surface area contributed by atoms with Gasteiger partial charge in [0.2, 0.25) is 0 Å². The summed E-state index contributed by atoms with van der Waals surface area (Å²) in [7, 11) is 0. The highest BCUT2D eigenvalue weighted by Gasteiger charge is 1.97. The van der Waals surface area contributed by atoms with Gasteiger partial charge in [0.25, 0.3) is 0 Å². The van der Waals surface area contributed by atoms with Crippen LogP contribution in [0.4, 0.5) is 5.82 Å². The van der Waals surface area contributed by atoms with Gasteiger partial charge in [-0.05, 0) is 34.4 Å². The summed E-state index contributed by atoms with van der Waals surface area (Å²) in [6.07, 6.45) is -2.75. The second-order valence-electron chi connectivity index (χ2n) is 1.53. The molecule has 0 amide bonds. The van der Waals surface area contributed by atoms with Crippen molar-refractivity contribution in [1.29, 1.82) is 0 Å². The molecule has 0 atom stereocenters. The predicted octanol–water partition coefficient (Wildman–Crippen LogP) is 1.99. The predicted molar refractivity (Wildman–Crippen MR) is 45.7 cm³/mol. The fraction of sp³-hybridized carbons (Fsp3) is 0.286. The van der Waals surface area contributed by atoms with E-state index in [0.717, 1.165) is 0 Å². The summed E-state index contributed by atoms with van der Waals surface area (Å²) in [5, 5.41) is 0. The van der Waals surface area contributed by atoms with E-state index in [2.05, 4.69) is 20.9 Å². The lowest BCUT2D eigenvalue weighted by molar-refractivity contribution is 1.03. The third-order valence-electron chi connectivity index (χ3n) is 0.859. The Morgan fingerprint density at radius 1 is 2.00 bits per heavy atom. The molecule has 0 aliphatic rings. The van der Waals surface area contributed by atoms with Crippen molar-refractivity contribution in [3.05, 3.63) is 22.3 Å². The highest BCUT2D eigenvalue weighted by molar-refractivity contribution is 9.10. The Kier molecular flexibility index (Phi) is 0.748. The van der Waals surface area contributed by atoms with E-state index in [4.69, 9.17) is 15.3 Å². The molecule has 54 valence electrons. The maximum atomic E-state index is 7.53. The molecule has 0 fully saturated rings. The van der Waals surface area contributed by atoms with E-state index in [0.29, 0.717) is 0 Å². The van der Waals surface area contributed by atoms with Crippen LogP contribution in [-0.4, -0.2) is 4.98 Å². The molecule has 2 nitrogen and oxygen atoms in total. The van der Waals surface area contributed by atoms with E-state index >= 15 is 0 Å². The van der Waals surface area contributed by atoms with E-state index in [-0.39, 0.29) is 22.4 Å². The van der Waals surface area contributed by atoms with Gasteiger partial charge in [0.1, 0.15) is 5.82 Å². The molecule has 0 spiro atoms. The molecule has 0 unspecified atom stereocenters. The van der Waals surface area contributed by atoms with Crippen LogP contribution in [-0.2, 0) is 6.37 Å². The van der Waals surface area contributed by atoms with Crippen molar-refractivity contribution in [1.82, 2.24) is 4.98 Å². The minimum atomic E-state index is -2.94. The SMILES string of the molecule is [2H]c1c(N)nc(C([2H])([2H])C([2H])([2H])[2H])c(Br)c1[2H]. The zero-order valence-electron chi connectivity index (χ0n) is 11.9. The minimum Gasteiger partial charge on any atom is -0.384 e. The first kappa shape index (κ1) is 2.48. The normalized spacial score (nSPS) is 22.7. The fourth-order valence-corrected chi connectivity index (χ4v) is 0.745.